The Bertz CT molecular complexity index is 275. The van der Waals surface area contributed by atoms with Crippen molar-refractivity contribution in [1.29, 1.82) is 0 Å². The van der Waals surface area contributed by atoms with Crippen molar-refractivity contribution in [2.75, 3.05) is 6.61 Å². The second-order valence-electron chi connectivity index (χ2n) is 3.51. The van der Waals surface area contributed by atoms with Crippen molar-refractivity contribution in [3.8, 4) is 0 Å². The first-order valence-electron chi connectivity index (χ1n) is 4.42. The van der Waals surface area contributed by atoms with E-state index in [1.54, 1.807) is 16.8 Å². The number of hydrogen-bond donors (Lipinski definition) is 1. The van der Waals surface area contributed by atoms with Crippen molar-refractivity contribution < 1.29 is 9.84 Å². The maximum Gasteiger partial charge on any atom is 0.0975 e. The first-order chi connectivity index (χ1) is 6.21. The lowest BCUT2D eigenvalue weighted by Gasteiger charge is -2.24. The highest BCUT2D eigenvalue weighted by molar-refractivity contribution is 7.09. The Morgan fingerprint density at radius 1 is 1.85 bits per heavy atom. The molecule has 0 spiro atoms. The molecule has 1 aliphatic rings. The standard InChI is InChI=1S/C9H13NO2S/c1-7-9(11,2-3-12-7)4-8-5-10-6-13-8/h5-7,11H,2-4H2,1H3. The molecule has 1 N–H and O–H groups in total. The number of hydrogen-bond acceptors (Lipinski definition) is 4. The summed E-state index contributed by atoms with van der Waals surface area (Å²) in [5, 5.41) is 10.2. The molecule has 13 heavy (non-hydrogen) atoms. The molecular formula is C9H13NO2S. The van der Waals surface area contributed by atoms with E-state index in [1.807, 2.05) is 13.1 Å². The zero-order valence-corrected chi connectivity index (χ0v) is 8.38. The van der Waals surface area contributed by atoms with Gasteiger partial charge in [0.2, 0.25) is 0 Å². The molecule has 0 aromatic carbocycles. The molecule has 0 aliphatic carbocycles. The molecule has 72 valence electrons. The lowest BCUT2D eigenvalue weighted by atomic mass is 9.92. The molecule has 0 saturated carbocycles. The number of thiazole rings is 1. The topological polar surface area (TPSA) is 42.4 Å². The van der Waals surface area contributed by atoms with Crippen LogP contribution in [-0.4, -0.2) is 28.4 Å². The lowest BCUT2D eigenvalue weighted by Crippen LogP contribution is -2.38. The van der Waals surface area contributed by atoms with Crippen molar-refractivity contribution in [2.24, 2.45) is 0 Å². The number of nitrogens with zero attached hydrogens (tertiary/aromatic N) is 1. The van der Waals surface area contributed by atoms with Crippen molar-refractivity contribution in [3.63, 3.8) is 0 Å². The second-order valence-corrected chi connectivity index (χ2v) is 4.48. The van der Waals surface area contributed by atoms with Crippen LogP contribution in [0.15, 0.2) is 11.7 Å². The SMILES string of the molecule is CC1OCCC1(O)Cc1cncs1. The van der Waals surface area contributed by atoms with Gasteiger partial charge in [-0.2, -0.15) is 0 Å². The lowest BCUT2D eigenvalue weighted by molar-refractivity contribution is -0.0263. The Morgan fingerprint density at radius 3 is 3.23 bits per heavy atom. The largest absolute Gasteiger partial charge is 0.387 e. The summed E-state index contributed by atoms with van der Waals surface area (Å²) in [6.07, 6.45) is 3.15. The van der Waals surface area contributed by atoms with Gasteiger partial charge in [-0.05, 0) is 6.92 Å². The highest BCUT2D eigenvalue weighted by Gasteiger charge is 2.39. The minimum atomic E-state index is -0.674. The molecule has 1 aromatic heterocycles. The molecule has 1 fully saturated rings. The summed E-state index contributed by atoms with van der Waals surface area (Å²) in [6.45, 7) is 2.59. The summed E-state index contributed by atoms with van der Waals surface area (Å²) in [7, 11) is 0. The number of aromatic nitrogens is 1. The first-order valence-corrected chi connectivity index (χ1v) is 5.30. The second kappa shape index (κ2) is 3.36. The molecule has 1 aliphatic heterocycles. The maximum absolute atomic E-state index is 10.2. The Morgan fingerprint density at radius 2 is 2.69 bits per heavy atom. The summed E-state index contributed by atoms with van der Waals surface area (Å²) in [5.41, 5.74) is 1.12. The molecule has 2 heterocycles. The third kappa shape index (κ3) is 1.75. The zero-order chi connectivity index (χ0) is 9.31. The highest BCUT2D eigenvalue weighted by atomic mass is 32.1. The highest BCUT2D eigenvalue weighted by Crippen LogP contribution is 2.30. The minimum Gasteiger partial charge on any atom is -0.387 e. The fourth-order valence-corrected chi connectivity index (χ4v) is 2.35. The van der Waals surface area contributed by atoms with Crippen LogP contribution in [0.2, 0.25) is 0 Å². The molecular weight excluding hydrogens is 186 g/mol. The molecule has 1 saturated heterocycles. The van der Waals surface area contributed by atoms with Gasteiger partial charge < -0.3 is 9.84 Å². The van der Waals surface area contributed by atoms with Gasteiger partial charge in [0.25, 0.3) is 0 Å². The average molecular weight is 199 g/mol. The van der Waals surface area contributed by atoms with E-state index in [2.05, 4.69) is 4.98 Å². The van der Waals surface area contributed by atoms with Crippen molar-refractivity contribution in [1.82, 2.24) is 4.98 Å². The number of ether oxygens (including phenoxy) is 1. The van der Waals surface area contributed by atoms with Crippen LogP contribution in [0.25, 0.3) is 0 Å². The number of rotatable bonds is 2. The summed E-state index contributed by atoms with van der Waals surface area (Å²) in [4.78, 5) is 5.11. The summed E-state index contributed by atoms with van der Waals surface area (Å²) >= 11 is 1.58. The van der Waals surface area contributed by atoms with E-state index in [1.165, 1.54) is 0 Å². The van der Waals surface area contributed by atoms with Crippen LogP contribution in [0.4, 0.5) is 0 Å². The van der Waals surface area contributed by atoms with E-state index in [9.17, 15) is 5.11 Å². The molecule has 3 nitrogen and oxygen atoms in total. The summed E-state index contributed by atoms with van der Waals surface area (Å²) in [6, 6.07) is 0. The van der Waals surface area contributed by atoms with Gasteiger partial charge in [0.1, 0.15) is 0 Å². The van der Waals surface area contributed by atoms with E-state index < -0.39 is 5.60 Å². The molecule has 0 bridgehead atoms. The van der Waals surface area contributed by atoms with E-state index in [0.717, 1.165) is 11.3 Å². The predicted octanol–water partition coefficient (Wildman–Crippen LogP) is 1.23. The fraction of sp³-hybridized carbons (Fsp3) is 0.667. The third-order valence-corrected chi connectivity index (χ3v) is 3.40. The van der Waals surface area contributed by atoms with E-state index in [0.29, 0.717) is 13.0 Å². The zero-order valence-electron chi connectivity index (χ0n) is 7.56. The van der Waals surface area contributed by atoms with Gasteiger partial charge in [-0.1, -0.05) is 0 Å². The summed E-state index contributed by atoms with van der Waals surface area (Å²) in [5.74, 6) is 0. The molecule has 0 radical (unpaired) electrons. The van der Waals surface area contributed by atoms with Gasteiger partial charge in [0, 0.05) is 30.5 Å². The van der Waals surface area contributed by atoms with Gasteiger partial charge in [-0.25, -0.2) is 0 Å². The van der Waals surface area contributed by atoms with Crippen LogP contribution in [0.1, 0.15) is 18.2 Å². The molecule has 4 heteroatoms. The van der Waals surface area contributed by atoms with Gasteiger partial charge in [0.15, 0.2) is 0 Å². The Balaban J connectivity index is 2.08. The maximum atomic E-state index is 10.2. The van der Waals surface area contributed by atoms with Crippen LogP contribution < -0.4 is 0 Å². The number of aliphatic hydroxyl groups is 1. The van der Waals surface area contributed by atoms with Crippen LogP contribution in [0, 0.1) is 0 Å². The van der Waals surface area contributed by atoms with Crippen LogP contribution in [-0.2, 0) is 11.2 Å². The Labute approximate surface area is 81.4 Å². The Hall–Kier alpha value is -0.450. The van der Waals surface area contributed by atoms with Crippen LogP contribution >= 0.6 is 11.3 Å². The quantitative estimate of drug-likeness (QED) is 0.779. The van der Waals surface area contributed by atoms with E-state index in [4.69, 9.17) is 4.74 Å². The van der Waals surface area contributed by atoms with Crippen LogP contribution in [0.3, 0.4) is 0 Å². The molecule has 2 atom stereocenters. The minimum absolute atomic E-state index is 0.0606. The van der Waals surface area contributed by atoms with Crippen LogP contribution in [0.5, 0.6) is 0 Å². The van der Waals surface area contributed by atoms with Gasteiger partial charge in [-0.15, -0.1) is 11.3 Å². The third-order valence-electron chi connectivity index (χ3n) is 2.62. The molecule has 0 amide bonds. The van der Waals surface area contributed by atoms with E-state index in [-0.39, 0.29) is 6.10 Å². The molecule has 2 rings (SSSR count). The van der Waals surface area contributed by atoms with Crippen molar-refractivity contribution >= 4 is 11.3 Å². The van der Waals surface area contributed by atoms with Gasteiger partial charge >= 0.3 is 0 Å². The summed E-state index contributed by atoms with van der Waals surface area (Å²) < 4.78 is 5.35. The van der Waals surface area contributed by atoms with E-state index >= 15 is 0 Å². The molecule has 1 aromatic rings. The Kier molecular flexibility index (Phi) is 2.36. The smallest absolute Gasteiger partial charge is 0.0975 e. The predicted molar refractivity (Wildman–Crippen MR) is 50.8 cm³/mol. The average Bonchev–Trinajstić information content (AvgIpc) is 2.65. The first kappa shape index (κ1) is 9.12. The van der Waals surface area contributed by atoms with Crippen molar-refractivity contribution in [3.05, 3.63) is 16.6 Å². The van der Waals surface area contributed by atoms with Crippen molar-refractivity contribution in [2.45, 2.75) is 31.5 Å². The monoisotopic (exact) mass is 199 g/mol. The normalized spacial score (nSPS) is 33.8. The fourth-order valence-electron chi connectivity index (χ4n) is 1.63. The van der Waals surface area contributed by atoms with Gasteiger partial charge in [0.05, 0.1) is 17.2 Å². The van der Waals surface area contributed by atoms with Gasteiger partial charge in [-0.3, -0.25) is 4.98 Å². The molecule has 2 unspecified atom stereocenters.